The number of hydrogen-bond acceptors (Lipinski definition) is 5. The minimum atomic E-state index is -4.22. The molecule has 4 nitrogen and oxygen atoms in total. The van der Waals surface area contributed by atoms with Gasteiger partial charge in [-0.15, -0.1) is 11.3 Å². The van der Waals surface area contributed by atoms with Crippen LogP contribution in [0.25, 0.3) is 10.2 Å². The zero-order chi connectivity index (χ0) is 20.7. The van der Waals surface area contributed by atoms with Crippen LogP contribution in [0, 0.1) is 11.8 Å². The minimum absolute atomic E-state index is 0.279. The van der Waals surface area contributed by atoms with Gasteiger partial charge in [0.25, 0.3) is 0 Å². The number of piperidine rings is 1. The molecule has 158 valence electrons. The molecular formula is C22H23F3N4S. The Kier molecular flexibility index (Phi) is 5.14. The van der Waals surface area contributed by atoms with Crippen LogP contribution in [0.2, 0.25) is 0 Å². The second-order valence-corrected chi connectivity index (χ2v) is 9.51. The van der Waals surface area contributed by atoms with Gasteiger partial charge >= 0.3 is 6.18 Å². The third-order valence-corrected chi connectivity index (χ3v) is 7.26. The molecule has 0 amide bonds. The van der Waals surface area contributed by atoms with E-state index in [0.29, 0.717) is 33.9 Å². The van der Waals surface area contributed by atoms with E-state index in [9.17, 15) is 13.2 Å². The zero-order valence-corrected chi connectivity index (χ0v) is 17.2. The highest BCUT2D eigenvalue weighted by molar-refractivity contribution is 7.18. The van der Waals surface area contributed by atoms with Gasteiger partial charge in [-0.05, 0) is 36.3 Å². The van der Waals surface area contributed by atoms with Crippen molar-refractivity contribution in [3.63, 3.8) is 0 Å². The lowest BCUT2D eigenvalue weighted by Crippen LogP contribution is -2.47. The van der Waals surface area contributed by atoms with Gasteiger partial charge in [-0.25, -0.2) is 9.97 Å². The molecule has 5 rings (SSSR count). The molecule has 2 aliphatic rings. The van der Waals surface area contributed by atoms with E-state index < -0.39 is 12.6 Å². The number of nitrogens with one attached hydrogen (secondary N) is 1. The first kappa shape index (κ1) is 19.8. The van der Waals surface area contributed by atoms with Gasteiger partial charge in [0, 0.05) is 30.6 Å². The Hall–Kier alpha value is -2.19. The molecule has 3 atom stereocenters. The second kappa shape index (κ2) is 7.81. The molecule has 1 aromatic carbocycles. The molecule has 8 heteroatoms. The second-order valence-electron chi connectivity index (χ2n) is 8.39. The molecule has 0 spiro atoms. The number of hydrogen-bond donors (Lipinski definition) is 1. The molecule has 1 aliphatic heterocycles. The first-order valence-corrected chi connectivity index (χ1v) is 11.1. The molecule has 3 heterocycles. The van der Waals surface area contributed by atoms with Crippen molar-refractivity contribution < 1.29 is 13.2 Å². The van der Waals surface area contributed by atoms with Gasteiger partial charge in [0.2, 0.25) is 0 Å². The van der Waals surface area contributed by atoms with Crippen LogP contribution in [0.15, 0.2) is 42.7 Å². The number of aromatic nitrogens is 2. The first-order valence-electron chi connectivity index (χ1n) is 10.3. The van der Waals surface area contributed by atoms with Gasteiger partial charge in [0.15, 0.2) is 0 Å². The smallest absolute Gasteiger partial charge is 0.366 e. The van der Waals surface area contributed by atoms with Crippen molar-refractivity contribution in [3.05, 3.63) is 53.2 Å². The van der Waals surface area contributed by atoms with E-state index in [2.05, 4.69) is 44.5 Å². The molecule has 2 aromatic heterocycles. The summed E-state index contributed by atoms with van der Waals surface area (Å²) in [6.07, 6.45) is -1.34. The van der Waals surface area contributed by atoms with E-state index in [1.54, 1.807) is 6.07 Å². The summed E-state index contributed by atoms with van der Waals surface area (Å²) >= 11 is 1.10. The number of likely N-dealkylation sites (tertiary alicyclic amines) is 1. The average Bonchev–Trinajstić information content (AvgIpc) is 3.19. The predicted octanol–water partition coefficient (Wildman–Crippen LogP) is 5.12. The summed E-state index contributed by atoms with van der Waals surface area (Å²) in [4.78, 5) is 12.0. The van der Waals surface area contributed by atoms with Crippen molar-refractivity contribution in [2.75, 3.05) is 18.4 Å². The Bertz CT molecular complexity index is 1010. The highest BCUT2D eigenvalue weighted by Gasteiger charge is 2.42. The van der Waals surface area contributed by atoms with E-state index in [1.165, 1.54) is 24.7 Å². The predicted molar refractivity (Wildman–Crippen MR) is 113 cm³/mol. The Labute approximate surface area is 177 Å². The van der Waals surface area contributed by atoms with Crippen molar-refractivity contribution >= 4 is 27.4 Å². The summed E-state index contributed by atoms with van der Waals surface area (Å²) in [7, 11) is 0. The highest BCUT2D eigenvalue weighted by Crippen LogP contribution is 2.40. The lowest BCUT2D eigenvalue weighted by Gasteiger charge is -2.38. The van der Waals surface area contributed by atoms with Crippen LogP contribution < -0.4 is 5.32 Å². The maximum Gasteiger partial charge on any atom is 0.393 e. The fourth-order valence-electron chi connectivity index (χ4n) is 4.99. The molecule has 2 bridgehead atoms. The van der Waals surface area contributed by atoms with E-state index in [-0.39, 0.29) is 4.88 Å². The van der Waals surface area contributed by atoms with Crippen molar-refractivity contribution in [1.29, 1.82) is 0 Å². The van der Waals surface area contributed by atoms with Crippen molar-refractivity contribution in [1.82, 2.24) is 14.9 Å². The number of nitrogens with zero attached hydrogens (tertiary/aromatic N) is 3. The molecule has 2 fully saturated rings. The molecule has 1 N–H and O–H groups in total. The summed E-state index contributed by atoms with van der Waals surface area (Å²) in [5, 5.41) is 4.30. The normalized spacial score (nSPS) is 24.4. The van der Waals surface area contributed by atoms with Crippen molar-refractivity contribution in [2.24, 2.45) is 11.8 Å². The molecule has 3 aromatic rings. The number of anilines is 1. The van der Waals surface area contributed by atoms with E-state index in [1.807, 2.05) is 6.07 Å². The fourth-order valence-corrected chi connectivity index (χ4v) is 6.02. The number of benzene rings is 1. The van der Waals surface area contributed by atoms with Crippen LogP contribution in [0.5, 0.6) is 0 Å². The number of fused-ring (bicyclic) bond motifs is 3. The standard InChI is InChI=1S/C22H23F3N4S/c23-22(24,25)9-17-8-18-20(26-13-27-21(18)30-17)28-19-15-6-7-16(19)12-29(11-15)10-14-4-2-1-3-5-14/h1-5,8,13,15-16,19H,6-7,9-12H2,(H,26,27,28)/t15-,16+,19?. The van der Waals surface area contributed by atoms with Crippen LogP contribution in [0.4, 0.5) is 19.0 Å². The summed E-state index contributed by atoms with van der Waals surface area (Å²) in [5.41, 5.74) is 1.33. The van der Waals surface area contributed by atoms with E-state index in [0.717, 1.165) is 31.0 Å². The Morgan fingerprint density at radius 1 is 1.07 bits per heavy atom. The first-order chi connectivity index (χ1) is 14.4. The van der Waals surface area contributed by atoms with Gasteiger partial charge in [-0.2, -0.15) is 13.2 Å². The summed E-state index contributed by atoms with van der Waals surface area (Å²) < 4.78 is 38.4. The van der Waals surface area contributed by atoms with Crippen LogP contribution >= 0.6 is 11.3 Å². The number of thiophene rings is 1. The molecule has 1 saturated heterocycles. The Morgan fingerprint density at radius 3 is 2.50 bits per heavy atom. The van der Waals surface area contributed by atoms with Gasteiger partial charge in [-0.1, -0.05) is 30.3 Å². The zero-order valence-electron chi connectivity index (χ0n) is 16.4. The largest absolute Gasteiger partial charge is 0.393 e. The minimum Gasteiger partial charge on any atom is -0.366 e. The molecular weight excluding hydrogens is 409 g/mol. The molecule has 30 heavy (non-hydrogen) atoms. The topological polar surface area (TPSA) is 41.0 Å². The van der Waals surface area contributed by atoms with Crippen molar-refractivity contribution in [2.45, 2.75) is 38.0 Å². The number of rotatable bonds is 5. The summed E-state index contributed by atoms with van der Waals surface area (Å²) in [5.74, 6) is 1.71. The van der Waals surface area contributed by atoms with Crippen molar-refractivity contribution in [3.8, 4) is 0 Å². The summed E-state index contributed by atoms with van der Waals surface area (Å²) in [6.45, 7) is 3.02. The van der Waals surface area contributed by atoms with E-state index in [4.69, 9.17) is 0 Å². The third kappa shape index (κ3) is 4.16. The Balaban J connectivity index is 1.31. The van der Waals surface area contributed by atoms with E-state index >= 15 is 0 Å². The van der Waals surface area contributed by atoms with Gasteiger partial charge in [0.05, 0.1) is 11.8 Å². The molecule has 1 unspecified atom stereocenters. The van der Waals surface area contributed by atoms with Crippen LogP contribution in [0.3, 0.4) is 0 Å². The fraction of sp³-hybridized carbons (Fsp3) is 0.455. The summed E-state index contributed by atoms with van der Waals surface area (Å²) in [6, 6.07) is 12.4. The highest BCUT2D eigenvalue weighted by atomic mass is 32.1. The molecule has 1 aliphatic carbocycles. The van der Waals surface area contributed by atoms with Gasteiger partial charge < -0.3 is 5.32 Å². The lowest BCUT2D eigenvalue weighted by atomic mass is 9.91. The molecule has 0 radical (unpaired) electrons. The Morgan fingerprint density at radius 2 is 1.80 bits per heavy atom. The monoisotopic (exact) mass is 432 g/mol. The lowest BCUT2D eigenvalue weighted by molar-refractivity contribution is -0.126. The average molecular weight is 433 g/mol. The maximum absolute atomic E-state index is 12.8. The quantitative estimate of drug-likeness (QED) is 0.608. The van der Waals surface area contributed by atoms with Crippen LogP contribution in [-0.4, -0.2) is 40.2 Å². The molecule has 1 saturated carbocycles. The number of alkyl halides is 3. The number of halogens is 3. The van der Waals surface area contributed by atoms with Crippen LogP contribution in [0.1, 0.15) is 23.3 Å². The van der Waals surface area contributed by atoms with Gasteiger partial charge in [0.1, 0.15) is 17.0 Å². The third-order valence-electron chi connectivity index (χ3n) is 6.22. The van der Waals surface area contributed by atoms with Crippen LogP contribution in [-0.2, 0) is 13.0 Å². The SMILES string of the molecule is FC(F)(F)Cc1cc2c(NC3[C@@H]4CC[C@H]3CN(Cc3ccccc3)C4)ncnc2s1. The van der Waals surface area contributed by atoms with Gasteiger partial charge in [-0.3, -0.25) is 4.90 Å². The maximum atomic E-state index is 12.8.